The maximum atomic E-state index is 15.9. The molecule has 6 aromatic rings. The van der Waals surface area contributed by atoms with Crippen molar-refractivity contribution in [2.24, 2.45) is 11.8 Å². The van der Waals surface area contributed by atoms with Gasteiger partial charge in [-0.25, -0.2) is 49.1 Å². The van der Waals surface area contributed by atoms with E-state index in [2.05, 4.69) is 28.1 Å². The molecule has 0 bridgehead atoms. The Morgan fingerprint density at radius 1 is 0.912 bits per heavy atom. The topological polar surface area (TPSA) is 154 Å². The molecule has 9 rings (SSSR count). The summed E-state index contributed by atoms with van der Waals surface area (Å²) in [5.41, 5.74) is -0.289. The van der Waals surface area contributed by atoms with E-state index in [0.29, 0.717) is 41.0 Å². The summed E-state index contributed by atoms with van der Waals surface area (Å²) in [6.45, 7) is 13.5. The number of pyridine rings is 2. The minimum absolute atomic E-state index is 0.00804. The molecule has 2 saturated carbocycles. The molecule has 4 heterocycles. The Kier molecular flexibility index (Phi) is 20.1. The van der Waals surface area contributed by atoms with Gasteiger partial charge in [-0.3, -0.25) is 23.8 Å². The number of nitrogens with zero attached hydrogens (tertiary/aromatic N) is 6. The third kappa shape index (κ3) is 14.6. The van der Waals surface area contributed by atoms with E-state index >= 15 is 4.39 Å². The first-order chi connectivity index (χ1) is 37.3. The van der Waals surface area contributed by atoms with Crippen LogP contribution in [0.3, 0.4) is 0 Å². The summed E-state index contributed by atoms with van der Waals surface area (Å²) in [4.78, 5) is 38.3. The quantitative estimate of drug-likeness (QED) is 0.0606. The van der Waals surface area contributed by atoms with E-state index in [1.54, 1.807) is 19.9 Å². The number of aromatic nitrogens is 6. The van der Waals surface area contributed by atoms with Gasteiger partial charge in [-0.05, 0) is 137 Å². The molecule has 3 atom stereocenters. The van der Waals surface area contributed by atoms with Gasteiger partial charge in [-0.15, -0.1) is 0 Å². The van der Waals surface area contributed by atoms with Gasteiger partial charge in [0.15, 0.2) is 26.9 Å². The zero-order valence-corrected chi connectivity index (χ0v) is 47.7. The van der Waals surface area contributed by atoms with Crippen molar-refractivity contribution in [2.45, 2.75) is 168 Å². The van der Waals surface area contributed by atoms with Crippen LogP contribution in [0.4, 0.5) is 39.5 Å². The van der Waals surface area contributed by atoms with Crippen molar-refractivity contribution in [1.29, 1.82) is 5.41 Å². The number of carbonyl (C=O) groups is 1. The molecule has 3 unspecified atom stereocenters. The number of ketones is 1. The summed E-state index contributed by atoms with van der Waals surface area (Å²) in [6.07, 6.45) is 6.35. The molecule has 80 heavy (non-hydrogen) atoms. The van der Waals surface area contributed by atoms with Crippen molar-refractivity contribution >= 4 is 44.0 Å². The van der Waals surface area contributed by atoms with Crippen LogP contribution >= 0.6 is 11.6 Å². The number of Topliss-reactive ketones (excluding diaryl/α,β-unsaturated/α-hetero) is 1. The summed E-state index contributed by atoms with van der Waals surface area (Å²) in [5, 5.41) is 11.3. The normalized spacial score (nSPS) is 17.8. The second-order valence-electron chi connectivity index (χ2n) is 21.4. The molecule has 434 valence electrons. The molecule has 0 amide bonds. The van der Waals surface area contributed by atoms with Crippen LogP contribution in [0.25, 0.3) is 16.7 Å². The number of fused-ring (bicyclic) bond motifs is 4. The molecule has 0 spiro atoms. The highest BCUT2D eigenvalue weighted by molar-refractivity contribution is 7.92. The summed E-state index contributed by atoms with van der Waals surface area (Å²) >= 11 is 6.45. The molecule has 0 radical (unpaired) electrons. The highest BCUT2D eigenvalue weighted by atomic mass is 35.5. The van der Waals surface area contributed by atoms with Gasteiger partial charge in [0.2, 0.25) is 5.92 Å². The largest absolute Gasteiger partial charge is 0.303 e. The van der Waals surface area contributed by atoms with Crippen LogP contribution in [-0.2, 0) is 52.0 Å². The van der Waals surface area contributed by atoms with Crippen LogP contribution in [0.5, 0.6) is 0 Å². The molecule has 1 N–H and O–H groups in total. The molecule has 3 aliphatic carbocycles. The maximum Gasteiger partial charge on any atom is 0.293 e. The van der Waals surface area contributed by atoms with Crippen LogP contribution in [-0.4, -0.2) is 66.6 Å². The van der Waals surface area contributed by atoms with E-state index in [4.69, 9.17) is 22.0 Å². The van der Waals surface area contributed by atoms with Gasteiger partial charge in [0.05, 0.1) is 34.0 Å². The molecule has 0 saturated heterocycles. The van der Waals surface area contributed by atoms with Gasteiger partial charge in [-0.1, -0.05) is 58.2 Å². The van der Waals surface area contributed by atoms with E-state index in [0.717, 1.165) is 17.0 Å². The Hall–Kier alpha value is -5.96. The van der Waals surface area contributed by atoms with Gasteiger partial charge in [-0.2, -0.15) is 13.9 Å². The van der Waals surface area contributed by atoms with E-state index < -0.39 is 98.1 Å². The zero-order valence-electron chi connectivity index (χ0n) is 46.1. The van der Waals surface area contributed by atoms with Gasteiger partial charge in [0.25, 0.3) is 17.9 Å². The van der Waals surface area contributed by atoms with Crippen LogP contribution in [0.1, 0.15) is 162 Å². The minimum Gasteiger partial charge on any atom is -0.303 e. The number of alkyl halides is 7. The number of hydrogen-bond donors (Lipinski definition) is 1. The number of nitrogens with one attached hydrogen (secondary N) is 1. The summed E-state index contributed by atoms with van der Waals surface area (Å²) in [5.74, 6) is -8.47. The Balaban J connectivity index is 0.000000213. The van der Waals surface area contributed by atoms with Crippen molar-refractivity contribution in [3.63, 3.8) is 0 Å². The fraction of sp³-hybridized carbons (Fsp3) is 0.500. The zero-order chi connectivity index (χ0) is 59.4. The Bertz CT molecular complexity index is 3380. The van der Waals surface area contributed by atoms with Crippen LogP contribution < -0.4 is 5.56 Å². The Morgan fingerprint density at radius 2 is 1.56 bits per heavy atom. The first-order valence-electron chi connectivity index (χ1n) is 26.5. The van der Waals surface area contributed by atoms with Gasteiger partial charge >= 0.3 is 0 Å². The van der Waals surface area contributed by atoms with Crippen molar-refractivity contribution in [3.05, 3.63) is 144 Å². The van der Waals surface area contributed by atoms with Gasteiger partial charge < -0.3 is 5.41 Å². The molecule has 11 nitrogen and oxygen atoms in total. The number of halogens is 10. The van der Waals surface area contributed by atoms with Gasteiger partial charge in [0, 0.05) is 61.0 Å². The lowest BCUT2D eigenvalue weighted by molar-refractivity contribution is -0.118. The first-order valence-corrected chi connectivity index (χ1v) is 28.9. The Labute approximate surface area is 465 Å². The third-order valence-electron chi connectivity index (χ3n) is 14.5. The molecule has 2 fully saturated rings. The summed E-state index contributed by atoms with van der Waals surface area (Å²) in [7, 11) is -3.60. The molecule has 3 aliphatic rings. The Morgan fingerprint density at radius 3 is 2.11 bits per heavy atom. The average molecular weight is 1160 g/mol. The maximum absolute atomic E-state index is 15.9. The van der Waals surface area contributed by atoms with Crippen LogP contribution in [0, 0.1) is 42.7 Å². The number of carbonyl (C=O) groups excluding carboxylic acids is 1. The molecule has 2 aromatic carbocycles. The SMILES string of the molecule is CC(=O)Cn1nc(C(F)F)c2c1C(F)(F)C1CC21.CCCCCc1cccnc1.CCc1cc(F)cc(F)c1.Cc1c(-n2c(CC(C)C)nc3nc(C4(F)CCC(F)(F)CC4)cc(C)c3c2=O)ccc(Cl)c1C(=N)C(C)S(C)(=O)=O. The lowest BCUT2D eigenvalue weighted by Gasteiger charge is -2.33. The lowest BCUT2D eigenvalue weighted by Crippen LogP contribution is -2.34. The smallest absolute Gasteiger partial charge is 0.293 e. The average Bonchev–Trinajstić information content (AvgIpc) is 4.05. The predicted molar refractivity (Wildman–Crippen MR) is 291 cm³/mol. The number of unbranched alkanes of at least 4 members (excludes halogenated alkanes) is 2. The second kappa shape index (κ2) is 25.5. The molecule has 22 heteroatoms. The number of aryl methyl sites for hydroxylation is 3. The number of sulfone groups is 1. The van der Waals surface area contributed by atoms with Crippen molar-refractivity contribution < 1.29 is 52.7 Å². The van der Waals surface area contributed by atoms with Crippen molar-refractivity contribution in [2.75, 3.05) is 6.26 Å². The fourth-order valence-electron chi connectivity index (χ4n) is 10.0. The number of hydrogen-bond acceptors (Lipinski definition) is 9. The molecular weight excluding hydrogens is 1100 g/mol. The van der Waals surface area contributed by atoms with E-state index in [1.807, 2.05) is 39.2 Å². The van der Waals surface area contributed by atoms with Crippen molar-refractivity contribution in [1.82, 2.24) is 29.3 Å². The second-order valence-corrected chi connectivity index (χ2v) is 24.2. The fourth-order valence-corrected chi connectivity index (χ4v) is 10.9. The monoisotopic (exact) mass is 1160 g/mol. The first kappa shape index (κ1) is 63.2. The lowest BCUT2D eigenvalue weighted by atomic mass is 9.81. The highest BCUT2D eigenvalue weighted by Crippen LogP contribution is 2.68. The number of benzene rings is 2. The molecular formula is C58H67ClF9N7O4S. The van der Waals surface area contributed by atoms with Crippen LogP contribution in [0.2, 0.25) is 5.02 Å². The molecule has 0 aliphatic heterocycles. The number of rotatable bonds is 15. The summed E-state index contributed by atoms with van der Waals surface area (Å²) in [6, 6.07) is 12.3. The standard InChI is InChI=1S/C29H34ClF3N4O3S.C11H10F4N2O.C10H15N.C8H8F2/c1-15(2)13-22-36-26-23(16(3)14-21(35-26)28(31)9-11-29(32,33)12-10-28)27(38)37(22)20-8-7-19(30)24(17(20)4)25(34)18(5)41(6,39)40;1-4(18)3-17-9-7(8(16-17)10(12)13)5-2-6(5)11(9,14)15;1-2-3-4-6-10-7-5-8-11-9-10;1-2-6-3-7(9)5-8(10)4-6/h7-8,14-15,18,34H,9-13H2,1-6H3;5-6,10H,2-3H2,1H3;5,7-9H,2-4,6H2,1H3;3-5H,2H2,1H3. The molecule has 4 aromatic heterocycles. The van der Waals surface area contributed by atoms with E-state index in [-0.39, 0.29) is 70.3 Å². The van der Waals surface area contributed by atoms with E-state index in [1.165, 1.54) is 73.9 Å². The van der Waals surface area contributed by atoms with Gasteiger partial charge in [0.1, 0.15) is 34.1 Å². The minimum atomic E-state index is -3.60. The van der Waals surface area contributed by atoms with E-state index in [9.17, 15) is 53.1 Å². The predicted octanol–water partition coefficient (Wildman–Crippen LogP) is 14.4. The summed E-state index contributed by atoms with van der Waals surface area (Å²) < 4.78 is 148. The van der Waals surface area contributed by atoms with Crippen LogP contribution in [0.15, 0.2) is 65.7 Å². The van der Waals surface area contributed by atoms with Crippen molar-refractivity contribution in [3.8, 4) is 5.69 Å². The third-order valence-corrected chi connectivity index (χ3v) is 16.4. The highest BCUT2D eigenvalue weighted by Gasteiger charge is 2.67.